The zero-order chi connectivity index (χ0) is 13.1. The van der Waals surface area contributed by atoms with Gasteiger partial charge in [0.25, 0.3) is 0 Å². The van der Waals surface area contributed by atoms with Crippen molar-refractivity contribution in [1.82, 2.24) is 4.98 Å². The highest BCUT2D eigenvalue weighted by atomic mass is 16.5. The molecule has 1 saturated carbocycles. The third kappa shape index (κ3) is 2.86. The van der Waals surface area contributed by atoms with Crippen LogP contribution in [0, 0.1) is 11.8 Å². The van der Waals surface area contributed by atoms with Crippen LogP contribution < -0.4 is 15.8 Å². The molecule has 2 rings (SSSR count). The van der Waals surface area contributed by atoms with Gasteiger partial charge in [-0.25, -0.2) is 0 Å². The van der Waals surface area contributed by atoms with Crippen LogP contribution in [0.25, 0.3) is 0 Å². The number of rotatable bonds is 3. The number of hydrogen-bond donors (Lipinski definition) is 2. The van der Waals surface area contributed by atoms with Crippen LogP contribution in [0.4, 0.5) is 11.5 Å². The van der Waals surface area contributed by atoms with Crippen molar-refractivity contribution in [3.8, 4) is 5.88 Å². The summed E-state index contributed by atoms with van der Waals surface area (Å²) < 4.78 is 5.14. The molecule has 0 saturated heterocycles. The van der Waals surface area contributed by atoms with Gasteiger partial charge in [-0.3, -0.25) is 0 Å². The highest BCUT2D eigenvalue weighted by Crippen LogP contribution is 2.31. The first-order valence-electron chi connectivity index (χ1n) is 6.67. The summed E-state index contributed by atoms with van der Waals surface area (Å²) >= 11 is 0. The van der Waals surface area contributed by atoms with Crippen molar-refractivity contribution in [2.75, 3.05) is 18.2 Å². The Morgan fingerprint density at radius 3 is 2.78 bits per heavy atom. The molecule has 0 radical (unpaired) electrons. The predicted octanol–water partition coefficient (Wildman–Crippen LogP) is 2.91. The number of nitrogens with one attached hydrogen (secondary N) is 1. The molecule has 1 aromatic rings. The van der Waals surface area contributed by atoms with E-state index in [0.717, 1.165) is 11.7 Å². The molecule has 0 spiro atoms. The molecular formula is C14H23N3O. The average molecular weight is 249 g/mol. The second-order valence-electron chi connectivity index (χ2n) is 5.44. The molecule has 3 N–H and O–H groups in total. The largest absolute Gasteiger partial charge is 0.479 e. The number of nitrogens with zero attached hydrogens (tertiary/aromatic N) is 1. The molecule has 4 nitrogen and oxygen atoms in total. The summed E-state index contributed by atoms with van der Waals surface area (Å²) in [5, 5.41) is 3.51. The van der Waals surface area contributed by atoms with Crippen LogP contribution in [-0.2, 0) is 0 Å². The van der Waals surface area contributed by atoms with Crippen molar-refractivity contribution < 1.29 is 4.74 Å². The molecule has 0 bridgehead atoms. The van der Waals surface area contributed by atoms with E-state index in [9.17, 15) is 0 Å². The molecule has 0 aliphatic heterocycles. The summed E-state index contributed by atoms with van der Waals surface area (Å²) in [4.78, 5) is 4.38. The Hall–Kier alpha value is -1.45. The predicted molar refractivity (Wildman–Crippen MR) is 74.8 cm³/mol. The van der Waals surface area contributed by atoms with Crippen molar-refractivity contribution in [3.63, 3.8) is 0 Å². The first kappa shape index (κ1) is 13.0. The third-order valence-electron chi connectivity index (χ3n) is 3.85. The lowest BCUT2D eigenvalue weighted by Gasteiger charge is -2.33. The highest BCUT2D eigenvalue weighted by Gasteiger charge is 2.25. The molecule has 1 aliphatic carbocycles. The first-order valence-corrected chi connectivity index (χ1v) is 6.67. The van der Waals surface area contributed by atoms with E-state index in [1.165, 1.54) is 19.3 Å². The van der Waals surface area contributed by atoms with Gasteiger partial charge in [0.05, 0.1) is 12.8 Å². The van der Waals surface area contributed by atoms with Crippen molar-refractivity contribution in [2.24, 2.45) is 11.8 Å². The molecule has 0 amide bonds. The summed E-state index contributed by atoms with van der Waals surface area (Å²) in [6, 6.07) is 4.26. The van der Waals surface area contributed by atoms with Gasteiger partial charge < -0.3 is 15.8 Å². The second-order valence-corrected chi connectivity index (χ2v) is 5.44. The fourth-order valence-corrected chi connectivity index (χ4v) is 2.76. The standard InChI is InChI=1S/C14H23N3O/c1-9-4-6-12(10(2)8-9)16-13-7-5-11(15)14(17-13)18-3/h5,7,9-10,12H,4,6,8,15H2,1-3H3,(H,16,17). The van der Waals surface area contributed by atoms with E-state index in [1.54, 1.807) is 7.11 Å². The zero-order valence-corrected chi connectivity index (χ0v) is 11.4. The molecule has 1 fully saturated rings. The van der Waals surface area contributed by atoms with E-state index in [1.807, 2.05) is 12.1 Å². The molecule has 4 heteroatoms. The number of ether oxygens (including phenoxy) is 1. The number of nitrogens with two attached hydrogens (primary N) is 1. The Labute approximate surface area is 109 Å². The van der Waals surface area contributed by atoms with Gasteiger partial charge in [0.1, 0.15) is 5.82 Å². The van der Waals surface area contributed by atoms with Gasteiger partial charge in [0.2, 0.25) is 5.88 Å². The van der Waals surface area contributed by atoms with Crippen LogP contribution in [-0.4, -0.2) is 18.1 Å². The molecule has 1 heterocycles. The summed E-state index contributed by atoms with van der Waals surface area (Å²) in [6.45, 7) is 4.64. The SMILES string of the molecule is COc1nc(NC2CCC(C)CC2C)ccc1N. The van der Waals surface area contributed by atoms with E-state index in [-0.39, 0.29) is 0 Å². The number of hydrogen-bond acceptors (Lipinski definition) is 4. The first-order chi connectivity index (χ1) is 8.60. The number of anilines is 2. The maximum Gasteiger partial charge on any atom is 0.238 e. The van der Waals surface area contributed by atoms with Gasteiger partial charge in [0, 0.05) is 6.04 Å². The van der Waals surface area contributed by atoms with Gasteiger partial charge in [-0.2, -0.15) is 4.98 Å². The van der Waals surface area contributed by atoms with Crippen molar-refractivity contribution in [3.05, 3.63) is 12.1 Å². The number of methoxy groups -OCH3 is 1. The van der Waals surface area contributed by atoms with Gasteiger partial charge in [-0.1, -0.05) is 13.8 Å². The molecule has 0 aromatic carbocycles. The van der Waals surface area contributed by atoms with Crippen molar-refractivity contribution >= 4 is 11.5 Å². The monoisotopic (exact) mass is 249 g/mol. The minimum atomic E-state index is 0.497. The van der Waals surface area contributed by atoms with E-state index in [4.69, 9.17) is 10.5 Å². The second kappa shape index (κ2) is 5.46. The van der Waals surface area contributed by atoms with Crippen molar-refractivity contribution in [1.29, 1.82) is 0 Å². The fraction of sp³-hybridized carbons (Fsp3) is 0.643. The Bertz CT molecular complexity index is 408. The smallest absolute Gasteiger partial charge is 0.238 e. The maximum absolute atomic E-state index is 5.76. The van der Waals surface area contributed by atoms with Crippen LogP contribution >= 0.6 is 0 Å². The number of aromatic nitrogens is 1. The fourth-order valence-electron chi connectivity index (χ4n) is 2.76. The quantitative estimate of drug-likeness (QED) is 0.864. The molecule has 1 aromatic heterocycles. The average Bonchev–Trinajstić information content (AvgIpc) is 2.35. The van der Waals surface area contributed by atoms with Crippen LogP contribution in [0.5, 0.6) is 5.88 Å². The van der Waals surface area contributed by atoms with Gasteiger partial charge in [-0.05, 0) is 43.2 Å². The summed E-state index contributed by atoms with van der Waals surface area (Å²) in [7, 11) is 1.59. The number of nitrogen functional groups attached to an aromatic ring is 1. The van der Waals surface area contributed by atoms with E-state index in [0.29, 0.717) is 23.5 Å². The van der Waals surface area contributed by atoms with E-state index >= 15 is 0 Å². The normalized spacial score (nSPS) is 27.8. The molecule has 18 heavy (non-hydrogen) atoms. The Kier molecular flexibility index (Phi) is 3.94. The van der Waals surface area contributed by atoms with Crippen LogP contribution in [0.15, 0.2) is 12.1 Å². The molecule has 1 aliphatic rings. The summed E-state index contributed by atoms with van der Waals surface area (Å²) in [5.41, 5.74) is 6.34. The molecular weight excluding hydrogens is 226 g/mol. The van der Waals surface area contributed by atoms with Gasteiger partial charge >= 0.3 is 0 Å². The Balaban J connectivity index is 2.05. The molecule has 3 unspecified atom stereocenters. The topological polar surface area (TPSA) is 60.2 Å². The summed E-state index contributed by atoms with van der Waals surface area (Å²) in [6.07, 6.45) is 3.77. The molecule has 100 valence electrons. The Morgan fingerprint density at radius 2 is 2.11 bits per heavy atom. The van der Waals surface area contributed by atoms with E-state index in [2.05, 4.69) is 24.1 Å². The van der Waals surface area contributed by atoms with Gasteiger partial charge in [-0.15, -0.1) is 0 Å². The third-order valence-corrected chi connectivity index (χ3v) is 3.85. The van der Waals surface area contributed by atoms with Crippen LogP contribution in [0.3, 0.4) is 0 Å². The van der Waals surface area contributed by atoms with E-state index < -0.39 is 0 Å². The summed E-state index contributed by atoms with van der Waals surface area (Å²) in [5.74, 6) is 2.87. The van der Waals surface area contributed by atoms with Crippen LogP contribution in [0.1, 0.15) is 33.1 Å². The Morgan fingerprint density at radius 1 is 1.33 bits per heavy atom. The minimum Gasteiger partial charge on any atom is -0.479 e. The lowest BCUT2D eigenvalue weighted by atomic mass is 9.80. The lowest BCUT2D eigenvalue weighted by molar-refractivity contribution is 0.276. The van der Waals surface area contributed by atoms with Crippen LogP contribution in [0.2, 0.25) is 0 Å². The maximum atomic E-state index is 5.76. The van der Waals surface area contributed by atoms with Crippen molar-refractivity contribution in [2.45, 2.75) is 39.2 Å². The minimum absolute atomic E-state index is 0.497. The highest BCUT2D eigenvalue weighted by molar-refractivity contribution is 5.53. The van der Waals surface area contributed by atoms with Gasteiger partial charge in [0.15, 0.2) is 0 Å². The molecule has 3 atom stereocenters. The number of pyridine rings is 1. The zero-order valence-electron chi connectivity index (χ0n) is 11.4. The lowest BCUT2D eigenvalue weighted by Crippen LogP contribution is -2.33.